The summed E-state index contributed by atoms with van der Waals surface area (Å²) in [6.45, 7) is 4.75. The van der Waals surface area contributed by atoms with Gasteiger partial charge in [0.25, 0.3) is 0 Å². The SMILES string of the molecule is CC1(C)c2ccccc2-c2ccc(N(c3cc[c]4c(c3)-c3cccc[c]3[Ge]43[c]4ccccc4-c4cccc[c]43)c3ccccc3-c3ccccc3)cc21. The predicted octanol–water partition coefficient (Wildman–Crippen LogP) is 10.5. The van der Waals surface area contributed by atoms with Crippen LogP contribution in [-0.2, 0) is 5.41 Å². The van der Waals surface area contributed by atoms with Crippen LogP contribution in [0.15, 0.2) is 188 Å². The van der Waals surface area contributed by atoms with E-state index >= 15 is 0 Å². The molecule has 0 saturated carbocycles. The number of fused-ring (bicyclic) bond motifs is 13. The Balaban J connectivity index is 1.17. The van der Waals surface area contributed by atoms with Gasteiger partial charge in [-0.1, -0.05) is 0 Å². The first-order valence-corrected chi connectivity index (χ1v) is 22.9. The van der Waals surface area contributed by atoms with Crippen LogP contribution in [0.2, 0.25) is 0 Å². The summed E-state index contributed by atoms with van der Waals surface area (Å²) in [7, 11) is 0. The van der Waals surface area contributed by atoms with Crippen molar-refractivity contribution in [3.63, 3.8) is 0 Å². The second kappa shape index (κ2) is 11.3. The van der Waals surface area contributed by atoms with E-state index in [-0.39, 0.29) is 5.41 Å². The van der Waals surface area contributed by atoms with Crippen molar-refractivity contribution in [3.05, 3.63) is 199 Å². The van der Waals surface area contributed by atoms with E-state index in [0.717, 1.165) is 0 Å². The Morgan fingerprint density at radius 1 is 0.358 bits per heavy atom. The van der Waals surface area contributed by atoms with Crippen molar-refractivity contribution in [3.8, 4) is 44.5 Å². The molecule has 2 aliphatic heterocycles. The Morgan fingerprint density at radius 3 is 1.51 bits per heavy atom. The minimum absolute atomic E-state index is 0.105. The normalized spacial score (nSPS) is 14.5. The van der Waals surface area contributed by atoms with Crippen LogP contribution in [-0.4, -0.2) is 13.3 Å². The molecule has 11 rings (SSSR count). The summed E-state index contributed by atoms with van der Waals surface area (Å²) in [6.07, 6.45) is 0. The fourth-order valence-corrected chi connectivity index (χ4v) is 21.7. The first-order chi connectivity index (χ1) is 26.1. The van der Waals surface area contributed by atoms with Gasteiger partial charge >= 0.3 is 316 Å². The summed E-state index contributed by atoms with van der Waals surface area (Å²) in [4.78, 5) is 2.51. The van der Waals surface area contributed by atoms with Crippen molar-refractivity contribution in [2.75, 3.05) is 4.90 Å². The Hall–Kier alpha value is -5.90. The molecule has 1 spiro atoms. The molecule has 0 bridgehead atoms. The number of benzene rings is 8. The maximum absolute atomic E-state index is 3.27. The number of rotatable bonds is 4. The molecule has 3 aliphatic rings. The molecule has 8 aromatic rings. The number of para-hydroxylation sites is 1. The van der Waals surface area contributed by atoms with Gasteiger partial charge in [0, 0.05) is 0 Å². The van der Waals surface area contributed by atoms with Crippen molar-refractivity contribution in [2.24, 2.45) is 0 Å². The fourth-order valence-electron chi connectivity index (χ4n) is 10.0. The van der Waals surface area contributed by atoms with E-state index in [2.05, 4.69) is 207 Å². The summed E-state index contributed by atoms with van der Waals surface area (Å²) in [6, 6.07) is 71.0. The second-order valence-electron chi connectivity index (χ2n) is 15.2. The van der Waals surface area contributed by atoms with E-state index in [1.54, 1.807) is 13.2 Å². The molecule has 0 N–H and O–H groups in total. The van der Waals surface area contributed by atoms with Gasteiger partial charge in [0.05, 0.1) is 0 Å². The summed E-state index contributed by atoms with van der Waals surface area (Å²) in [5.74, 6) is 0. The predicted molar refractivity (Wildman–Crippen MR) is 226 cm³/mol. The molecular formula is C51H37GeN. The average molecular weight is 736 g/mol. The first kappa shape index (κ1) is 30.7. The van der Waals surface area contributed by atoms with E-state index in [1.807, 2.05) is 0 Å². The standard InChI is InChI=1S/C51H37GeN/c1-51(2)44-23-11-6-19-38(44)39-30-28-36(33-45(39)51)53(50-27-15-10-18-37(50)34-16-4-3-5-17-34)35-29-31-49-43(32-35)42-22-9-14-26-48(42)52(49)46-24-12-7-20-40(46)41-21-8-13-25-47(41)52/h3-33H,1-2H3. The number of nitrogens with zero attached hydrogens (tertiary/aromatic N) is 1. The van der Waals surface area contributed by atoms with E-state index < -0.39 is 13.3 Å². The molecule has 0 unspecified atom stereocenters. The fraction of sp³-hybridized carbons (Fsp3) is 0.0588. The first-order valence-electron chi connectivity index (χ1n) is 18.7. The Bertz CT molecular complexity index is 2730. The Labute approximate surface area is 314 Å². The molecule has 53 heavy (non-hydrogen) atoms. The van der Waals surface area contributed by atoms with Crippen molar-refractivity contribution in [1.82, 2.24) is 0 Å². The topological polar surface area (TPSA) is 3.24 Å². The molecule has 0 fully saturated rings. The second-order valence-corrected chi connectivity index (χ2v) is 22.9. The van der Waals surface area contributed by atoms with Crippen molar-refractivity contribution < 1.29 is 0 Å². The zero-order valence-corrected chi connectivity index (χ0v) is 31.9. The van der Waals surface area contributed by atoms with Gasteiger partial charge in [-0.15, -0.1) is 0 Å². The van der Waals surface area contributed by atoms with Gasteiger partial charge in [-0.25, -0.2) is 0 Å². The van der Waals surface area contributed by atoms with Crippen LogP contribution in [0, 0.1) is 0 Å². The number of hydrogen-bond donors (Lipinski definition) is 0. The van der Waals surface area contributed by atoms with Gasteiger partial charge in [-0.2, -0.15) is 0 Å². The summed E-state index contributed by atoms with van der Waals surface area (Å²) < 4.78 is 6.19. The molecule has 2 heterocycles. The van der Waals surface area contributed by atoms with Crippen LogP contribution in [0.1, 0.15) is 25.0 Å². The molecule has 0 aromatic heterocycles. The third kappa shape index (κ3) is 4.14. The maximum atomic E-state index is 2.51. The van der Waals surface area contributed by atoms with Gasteiger partial charge in [-0.05, 0) is 0 Å². The molecule has 0 saturated heterocycles. The van der Waals surface area contributed by atoms with Crippen molar-refractivity contribution >= 4 is 47.9 Å². The van der Waals surface area contributed by atoms with Gasteiger partial charge in [0.1, 0.15) is 0 Å². The van der Waals surface area contributed by atoms with Crippen molar-refractivity contribution in [2.45, 2.75) is 19.3 Å². The van der Waals surface area contributed by atoms with Crippen LogP contribution in [0.25, 0.3) is 44.5 Å². The van der Waals surface area contributed by atoms with Crippen LogP contribution in [0.3, 0.4) is 0 Å². The summed E-state index contributed by atoms with van der Waals surface area (Å²) in [5, 5.41) is 0. The zero-order valence-electron chi connectivity index (χ0n) is 29.8. The molecule has 250 valence electrons. The van der Waals surface area contributed by atoms with E-state index in [9.17, 15) is 0 Å². The molecule has 0 amide bonds. The van der Waals surface area contributed by atoms with E-state index in [0.29, 0.717) is 0 Å². The van der Waals surface area contributed by atoms with Gasteiger partial charge < -0.3 is 0 Å². The molecule has 1 aliphatic carbocycles. The molecule has 1 nitrogen and oxygen atoms in total. The molecule has 8 aromatic carbocycles. The third-order valence-corrected chi connectivity index (χ3v) is 22.7. The zero-order chi connectivity index (χ0) is 35.3. The van der Waals surface area contributed by atoms with Crippen LogP contribution >= 0.6 is 0 Å². The monoisotopic (exact) mass is 737 g/mol. The molecule has 0 atom stereocenters. The summed E-state index contributed by atoms with van der Waals surface area (Å²) in [5.41, 5.74) is 16.9. The van der Waals surface area contributed by atoms with Gasteiger partial charge in [-0.3, -0.25) is 0 Å². The quantitative estimate of drug-likeness (QED) is 0.163. The van der Waals surface area contributed by atoms with Crippen LogP contribution < -0.4 is 22.5 Å². The minimum atomic E-state index is -3.27. The van der Waals surface area contributed by atoms with Gasteiger partial charge in [0.2, 0.25) is 0 Å². The average Bonchev–Trinajstić information content (AvgIpc) is 3.77. The van der Waals surface area contributed by atoms with Gasteiger partial charge in [0.15, 0.2) is 0 Å². The van der Waals surface area contributed by atoms with Crippen LogP contribution in [0.4, 0.5) is 17.1 Å². The van der Waals surface area contributed by atoms with Crippen molar-refractivity contribution in [1.29, 1.82) is 0 Å². The summed E-state index contributed by atoms with van der Waals surface area (Å²) >= 11 is -3.27. The Kier molecular flexibility index (Phi) is 6.55. The number of anilines is 3. The van der Waals surface area contributed by atoms with Crippen LogP contribution in [0.5, 0.6) is 0 Å². The van der Waals surface area contributed by atoms with E-state index in [1.165, 1.54) is 77.1 Å². The molecule has 0 radical (unpaired) electrons. The number of hydrogen-bond acceptors (Lipinski definition) is 1. The third-order valence-electron chi connectivity index (χ3n) is 12.3. The van der Waals surface area contributed by atoms with E-state index in [4.69, 9.17) is 0 Å². The molecular weight excluding hydrogens is 699 g/mol. The molecule has 2 heteroatoms. The Morgan fingerprint density at radius 2 is 0.830 bits per heavy atom.